The van der Waals surface area contributed by atoms with E-state index in [2.05, 4.69) is 5.32 Å². The summed E-state index contributed by atoms with van der Waals surface area (Å²) in [7, 11) is 0. The third-order valence-corrected chi connectivity index (χ3v) is 2.98. The lowest BCUT2D eigenvalue weighted by Crippen LogP contribution is -2.51. The molecule has 0 saturated carbocycles. The highest BCUT2D eigenvalue weighted by atomic mass is 16.2. The molecule has 0 aromatic heterocycles. The Morgan fingerprint density at radius 3 is 2.76 bits per heavy atom. The molecule has 1 N–H and O–H groups in total. The molecule has 1 unspecified atom stereocenters. The molecule has 1 atom stereocenters. The van der Waals surface area contributed by atoms with Crippen LogP contribution in [0.5, 0.6) is 0 Å². The molecule has 0 aliphatic carbocycles. The van der Waals surface area contributed by atoms with Gasteiger partial charge in [-0.1, -0.05) is 26.0 Å². The lowest BCUT2D eigenvalue weighted by atomic mass is 9.98. The zero-order valence-corrected chi connectivity index (χ0v) is 10.0. The summed E-state index contributed by atoms with van der Waals surface area (Å²) in [6.45, 7) is 4.21. The Morgan fingerprint density at radius 2 is 2.12 bits per heavy atom. The minimum atomic E-state index is -0.282. The number of para-hydroxylation sites is 2. The van der Waals surface area contributed by atoms with Crippen molar-refractivity contribution in [3.63, 3.8) is 0 Å². The number of hydrogen-bond donors (Lipinski definition) is 1. The second-order valence-electron chi connectivity index (χ2n) is 4.51. The zero-order chi connectivity index (χ0) is 12.4. The molecule has 1 heterocycles. The topological polar surface area (TPSA) is 49.4 Å². The van der Waals surface area contributed by atoms with Crippen LogP contribution in [0, 0.1) is 5.92 Å². The maximum absolute atomic E-state index is 12.0. The summed E-state index contributed by atoms with van der Waals surface area (Å²) in [5.41, 5.74) is 1.69. The average Bonchev–Trinajstić information content (AvgIpc) is 2.28. The molecule has 0 fully saturated rings. The molecule has 1 amide bonds. The van der Waals surface area contributed by atoms with E-state index in [1.807, 2.05) is 43.0 Å². The third kappa shape index (κ3) is 2.02. The molecule has 0 bridgehead atoms. The summed E-state index contributed by atoms with van der Waals surface area (Å²) in [4.78, 5) is 24.7. The van der Waals surface area contributed by atoms with E-state index in [0.29, 0.717) is 0 Å². The van der Waals surface area contributed by atoms with Gasteiger partial charge in [-0.3, -0.25) is 4.79 Å². The van der Waals surface area contributed by atoms with Crippen LogP contribution in [-0.2, 0) is 9.59 Å². The Balaban J connectivity index is 2.46. The molecule has 2 rings (SSSR count). The molecule has 4 heteroatoms. The molecule has 1 aliphatic heterocycles. The summed E-state index contributed by atoms with van der Waals surface area (Å²) < 4.78 is 0. The quantitative estimate of drug-likeness (QED) is 0.806. The number of fused-ring (bicyclic) bond motifs is 1. The maximum atomic E-state index is 12.0. The van der Waals surface area contributed by atoms with Crippen LogP contribution in [0.3, 0.4) is 0 Å². The summed E-state index contributed by atoms with van der Waals surface area (Å²) in [6, 6.07) is 7.27. The van der Waals surface area contributed by atoms with Crippen molar-refractivity contribution in [1.29, 1.82) is 0 Å². The van der Waals surface area contributed by atoms with Gasteiger partial charge in [-0.15, -0.1) is 0 Å². The summed E-state index contributed by atoms with van der Waals surface area (Å²) >= 11 is 0. The highest BCUT2D eigenvalue weighted by molar-refractivity contribution is 6.04. The van der Waals surface area contributed by atoms with Crippen molar-refractivity contribution in [1.82, 2.24) is 0 Å². The molecule has 0 radical (unpaired) electrons. The molecule has 4 nitrogen and oxygen atoms in total. The number of carbonyl (C=O) groups is 2. The summed E-state index contributed by atoms with van der Waals surface area (Å²) in [6.07, 6.45) is 0.838. The minimum Gasteiger partial charge on any atom is -0.351 e. The molecule has 1 aliphatic rings. The van der Waals surface area contributed by atoms with Crippen LogP contribution in [0.25, 0.3) is 0 Å². The van der Waals surface area contributed by atoms with Crippen molar-refractivity contribution in [2.75, 3.05) is 16.8 Å². The maximum Gasteiger partial charge on any atom is 0.247 e. The van der Waals surface area contributed by atoms with Crippen LogP contribution in [0.1, 0.15) is 13.8 Å². The van der Waals surface area contributed by atoms with Gasteiger partial charge in [0.2, 0.25) is 5.91 Å². The van der Waals surface area contributed by atoms with E-state index in [4.69, 9.17) is 0 Å². The zero-order valence-electron chi connectivity index (χ0n) is 10.0. The van der Waals surface area contributed by atoms with Crippen LogP contribution in [0.15, 0.2) is 24.3 Å². The van der Waals surface area contributed by atoms with Gasteiger partial charge < -0.3 is 15.0 Å². The predicted octanol–water partition coefficient (Wildman–Crippen LogP) is 1.67. The number of nitrogens with one attached hydrogen (secondary N) is 1. The first kappa shape index (κ1) is 11.6. The Hall–Kier alpha value is -1.84. The van der Waals surface area contributed by atoms with E-state index >= 15 is 0 Å². The monoisotopic (exact) mass is 232 g/mol. The van der Waals surface area contributed by atoms with Gasteiger partial charge in [0.05, 0.1) is 17.9 Å². The fraction of sp³-hybridized carbons (Fsp3) is 0.385. The van der Waals surface area contributed by atoms with Crippen LogP contribution < -0.4 is 10.2 Å². The summed E-state index contributed by atoms with van der Waals surface area (Å²) in [5.74, 6) is 0.115. The van der Waals surface area contributed by atoms with Gasteiger partial charge in [-0.25, -0.2) is 0 Å². The number of amides is 1. The van der Waals surface area contributed by atoms with Crippen LogP contribution >= 0.6 is 0 Å². The first-order valence-corrected chi connectivity index (χ1v) is 5.75. The van der Waals surface area contributed by atoms with E-state index in [1.54, 1.807) is 0 Å². The second kappa shape index (κ2) is 4.57. The van der Waals surface area contributed by atoms with Crippen LogP contribution in [-0.4, -0.2) is 24.8 Å². The number of anilines is 2. The van der Waals surface area contributed by atoms with Gasteiger partial charge in [0.15, 0.2) is 0 Å². The van der Waals surface area contributed by atoms with Crippen LogP contribution in [0.4, 0.5) is 11.4 Å². The Bertz CT molecular complexity index is 443. The Morgan fingerprint density at radius 1 is 1.41 bits per heavy atom. The van der Waals surface area contributed by atoms with Crippen molar-refractivity contribution in [2.45, 2.75) is 19.9 Å². The average molecular weight is 232 g/mol. The minimum absolute atomic E-state index is 0.0412. The van der Waals surface area contributed by atoms with Gasteiger partial charge >= 0.3 is 0 Å². The van der Waals surface area contributed by atoms with Crippen LogP contribution in [0.2, 0.25) is 0 Å². The van der Waals surface area contributed by atoms with Crippen molar-refractivity contribution in [2.24, 2.45) is 5.92 Å². The largest absolute Gasteiger partial charge is 0.351 e. The van der Waals surface area contributed by atoms with E-state index in [-0.39, 0.29) is 24.4 Å². The standard InChI is InChI=1S/C13H16N2O2/c1-9(2)12-13(17)14-10-5-3-4-6-11(10)15(12)7-8-16/h3-6,8-9,12H,7H2,1-2H3,(H,14,17). The van der Waals surface area contributed by atoms with Crippen molar-refractivity contribution in [3.05, 3.63) is 24.3 Å². The fourth-order valence-electron chi connectivity index (χ4n) is 2.28. The number of hydrogen-bond acceptors (Lipinski definition) is 3. The van der Waals surface area contributed by atoms with Crippen molar-refractivity contribution >= 4 is 23.6 Å². The molecular weight excluding hydrogens is 216 g/mol. The lowest BCUT2D eigenvalue weighted by molar-refractivity contribution is -0.118. The number of aldehydes is 1. The van der Waals surface area contributed by atoms with Gasteiger partial charge in [0, 0.05) is 0 Å². The van der Waals surface area contributed by atoms with E-state index in [1.165, 1.54) is 0 Å². The normalized spacial score (nSPS) is 18.9. The number of nitrogens with zero attached hydrogens (tertiary/aromatic N) is 1. The SMILES string of the molecule is CC(C)C1C(=O)Nc2ccccc2N1CC=O. The molecule has 90 valence electrons. The Labute approximate surface area is 101 Å². The molecule has 1 aromatic carbocycles. The van der Waals surface area contributed by atoms with Gasteiger partial charge in [0.25, 0.3) is 0 Å². The van der Waals surface area contributed by atoms with Crippen molar-refractivity contribution < 1.29 is 9.59 Å². The molecular formula is C13H16N2O2. The fourth-order valence-corrected chi connectivity index (χ4v) is 2.28. The van der Waals surface area contributed by atoms with Gasteiger partial charge in [-0.05, 0) is 18.1 Å². The molecule has 0 saturated heterocycles. The summed E-state index contributed by atoms with van der Waals surface area (Å²) in [5, 5.41) is 2.88. The van der Waals surface area contributed by atoms with Crippen molar-refractivity contribution in [3.8, 4) is 0 Å². The van der Waals surface area contributed by atoms with Gasteiger partial charge in [-0.2, -0.15) is 0 Å². The highest BCUT2D eigenvalue weighted by Crippen LogP contribution is 2.33. The lowest BCUT2D eigenvalue weighted by Gasteiger charge is -2.38. The molecule has 17 heavy (non-hydrogen) atoms. The second-order valence-corrected chi connectivity index (χ2v) is 4.51. The highest BCUT2D eigenvalue weighted by Gasteiger charge is 2.34. The Kier molecular flexibility index (Phi) is 3.13. The van der Waals surface area contributed by atoms with E-state index < -0.39 is 0 Å². The molecule has 1 aromatic rings. The number of rotatable bonds is 3. The van der Waals surface area contributed by atoms with E-state index in [9.17, 15) is 9.59 Å². The predicted molar refractivity (Wildman–Crippen MR) is 67.1 cm³/mol. The first-order valence-electron chi connectivity index (χ1n) is 5.75. The number of carbonyl (C=O) groups excluding carboxylic acids is 2. The smallest absolute Gasteiger partial charge is 0.247 e. The van der Waals surface area contributed by atoms with Gasteiger partial charge in [0.1, 0.15) is 12.3 Å². The first-order chi connectivity index (χ1) is 8.15. The number of benzene rings is 1. The van der Waals surface area contributed by atoms with E-state index in [0.717, 1.165) is 17.7 Å². The third-order valence-electron chi connectivity index (χ3n) is 2.98. The molecule has 0 spiro atoms.